The van der Waals surface area contributed by atoms with Crippen LogP contribution in [0.15, 0.2) is 82.7 Å². The molecule has 1 aliphatic rings. The number of hydrogen-bond donors (Lipinski definition) is 1. The van der Waals surface area contributed by atoms with Gasteiger partial charge >= 0.3 is 0 Å². The summed E-state index contributed by atoms with van der Waals surface area (Å²) in [6.45, 7) is 7.78. The first-order chi connectivity index (χ1) is 15.9. The molecule has 4 rings (SSSR count). The second-order valence-electron chi connectivity index (χ2n) is 7.49. The van der Waals surface area contributed by atoms with E-state index in [1.54, 1.807) is 12.2 Å². The maximum absolute atomic E-state index is 13.1. The lowest BCUT2D eigenvalue weighted by Crippen LogP contribution is -2.53. The molecule has 6 nitrogen and oxygen atoms in total. The highest BCUT2D eigenvalue weighted by Crippen LogP contribution is 2.35. The number of nitrogens with zero attached hydrogens (tertiary/aromatic N) is 3. The van der Waals surface area contributed by atoms with Gasteiger partial charge in [-0.25, -0.2) is 4.68 Å². The van der Waals surface area contributed by atoms with E-state index in [0.717, 1.165) is 21.2 Å². The lowest BCUT2D eigenvalue weighted by Gasteiger charge is -2.27. The molecule has 0 saturated carbocycles. The number of thiocarbonyl (C=S) groups is 1. The van der Waals surface area contributed by atoms with Crippen LogP contribution >= 0.6 is 24.0 Å². The van der Waals surface area contributed by atoms with Crippen LogP contribution in [0.1, 0.15) is 16.8 Å². The van der Waals surface area contributed by atoms with E-state index >= 15 is 0 Å². The highest BCUT2D eigenvalue weighted by atomic mass is 32.2. The molecular formula is C25H22N4O2S2. The van der Waals surface area contributed by atoms with Gasteiger partial charge in [-0.1, -0.05) is 53.7 Å². The van der Waals surface area contributed by atoms with Crippen LogP contribution in [0, 0.1) is 13.8 Å². The van der Waals surface area contributed by atoms with Crippen molar-refractivity contribution in [3.05, 3.63) is 89.6 Å². The largest absolute Gasteiger partial charge is 0.298 e. The molecule has 1 fully saturated rings. The van der Waals surface area contributed by atoms with E-state index in [2.05, 4.69) is 11.9 Å². The van der Waals surface area contributed by atoms with Gasteiger partial charge in [0.05, 0.1) is 11.4 Å². The zero-order valence-electron chi connectivity index (χ0n) is 18.2. The number of carbonyl (C=O) groups is 2. The summed E-state index contributed by atoms with van der Waals surface area (Å²) in [7, 11) is 0. The fourth-order valence-electron chi connectivity index (χ4n) is 3.38. The van der Waals surface area contributed by atoms with Crippen molar-refractivity contribution in [2.45, 2.75) is 23.8 Å². The molecule has 0 unspecified atom stereocenters. The Morgan fingerprint density at radius 1 is 1.09 bits per heavy atom. The van der Waals surface area contributed by atoms with Gasteiger partial charge in [0.1, 0.15) is 10.6 Å². The maximum Gasteiger partial charge on any atom is 0.265 e. The van der Waals surface area contributed by atoms with Gasteiger partial charge in [-0.2, -0.15) is 5.10 Å². The molecule has 0 radical (unpaired) electrons. The van der Waals surface area contributed by atoms with Crippen molar-refractivity contribution in [1.29, 1.82) is 0 Å². The van der Waals surface area contributed by atoms with Crippen LogP contribution in [0.3, 0.4) is 0 Å². The summed E-state index contributed by atoms with van der Waals surface area (Å²) in [5.41, 5.74) is 3.46. The molecule has 33 heavy (non-hydrogen) atoms. The third-order valence-corrected chi connectivity index (χ3v) is 6.50. The quantitative estimate of drug-likeness (QED) is 0.247. The molecule has 0 bridgehead atoms. The van der Waals surface area contributed by atoms with Gasteiger partial charge in [-0.3, -0.25) is 19.8 Å². The van der Waals surface area contributed by atoms with Gasteiger partial charge in [0.25, 0.3) is 11.8 Å². The van der Waals surface area contributed by atoms with E-state index in [9.17, 15) is 9.59 Å². The highest BCUT2D eigenvalue weighted by Gasteiger charge is 2.33. The monoisotopic (exact) mass is 474 g/mol. The number of aryl methyl sites for hydroxylation is 2. The predicted octanol–water partition coefficient (Wildman–Crippen LogP) is 4.45. The molecule has 2 heterocycles. The maximum atomic E-state index is 13.1. The van der Waals surface area contributed by atoms with Crippen molar-refractivity contribution in [1.82, 2.24) is 20.0 Å². The summed E-state index contributed by atoms with van der Waals surface area (Å²) in [4.78, 5) is 28.1. The normalized spacial score (nSPS) is 15.2. The van der Waals surface area contributed by atoms with E-state index in [-0.39, 0.29) is 17.2 Å². The van der Waals surface area contributed by atoms with Crippen molar-refractivity contribution >= 4 is 47.0 Å². The minimum atomic E-state index is -0.525. The van der Waals surface area contributed by atoms with Crippen LogP contribution in [0.4, 0.5) is 0 Å². The van der Waals surface area contributed by atoms with Crippen molar-refractivity contribution < 1.29 is 9.59 Å². The molecule has 2 amide bonds. The molecule has 1 N–H and O–H groups in total. The molecular weight excluding hydrogens is 452 g/mol. The minimum absolute atomic E-state index is 0.00641. The zero-order valence-corrected chi connectivity index (χ0v) is 19.9. The average Bonchev–Trinajstić information content (AvgIpc) is 3.11. The summed E-state index contributed by atoms with van der Waals surface area (Å²) in [6.07, 6.45) is 3.17. The number of amides is 2. The number of rotatable bonds is 6. The zero-order chi connectivity index (χ0) is 23.5. The second kappa shape index (κ2) is 9.56. The molecule has 0 atom stereocenters. The molecule has 1 aliphatic heterocycles. The second-order valence-corrected chi connectivity index (χ2v) is 8.94. The third kappa shape index (κ3) is 4.67. The topological polar surface area (TPSA) is 67.2 Å². The Kier molecular flexibility index (Phi) is 6.57. The summed E-state index contributed by atoms with van der Waals surface area (Å²) in [5.74, 6) is -0.981. The number of hydrogen-bond acceptors (Lipinski definition) is 5. The van der Waals surface area contributed by atoms with E-state index in [1.807, 2.05) is 73.1 Å². The Balaban J connectivity index is 1.85. The fourth-order valence-corrected chi connectivity index (χ4v) is 4.67. The van der Waals surface area contributed by atoms with Gasteiger partial charge < -0.3 is 0 Å². The van der Waals surface area contributed by atoms with Crippen LogP contribution in [-0.2, 0) is 9.59 Å². The Bertz CT molecular complexity index is 1280. The van der Waals surface area contributed by atoms with Gasteiger partial charge in [-0.05, 0) is 56.4 Å². The summed E-state index contributed by atoms with van der Waals surface area (Å²) in [5, 5.41) is 8.21. The molecule has 0 aliphatic carbocycles. The lowest BCUT2D eigenvalue weighted by molar-refractivity contribution is -0.128. The van der Waals surface area contributed by atoms with E-state index in [1.165, 1.54) is 16.7 Å². The third-order valence-electron chi connectivity index (χ3n) is 5.08. The number of para-hydroxylation sites is 1. The molecule has 8 heteroatoms. The highest BCUT2D eigenvalue weighted by molar-refractivity contribution is 7.99. The number of carbonyl (C=O) groups excluding carboxylic acids is 2. The Morgan fingerprint density at radius 3 is 2.45 bits per heavy atom. The molecule has 3 aromatic rings. The van der Waals surface area contributed by atoms with Crippen LogP contribution in [0.25, 0.3) is 11.8 Å². The van der Waals surface area contributed by atoms with Crippen molar-refractivity contribution in [3.8, 4) is 5.69 Å². The molecule has 0 spiro atoms. The minimum Gasteiger partial charge on any atom is -0.298 e. The summed E-state index contributed by atoms with van der Waals surface area (Å²) in [6, 6.07) is 17.9. The Morgan fingerprint density at radius 2 is 1.79 bits per heavy atom. The van der Waals surface area contributed by atoms with Crippen LogP contribution in [0.5, 0.6) is 0 Å². The van der Waals surface area contributed by atoms with Crippen LogP contribution < -0.4 is 5.32 Å². The first-order valence-corrected chi connectivity index (χ1v) is 11.5. The fraction of sp³-hybridized carbons (Fsp3) is 0.120. The first kappa shape index (κ1) is 22.7. The molecule has 1 saturated heterocycles. The van der Waals surface area contributed by atoms with E-state index < -0.39 is 11.8 Å². The Hall–Kier alpha value is -3.49. The lowest BCUT2D eigenvalue weighted by atomic mass is 10.1. The van der Waals surface area contributed by atoms with Gasteiger partial charge in [0, 0.05) is 17.0 Å². The Labute approximate surface area is 202 Å². The number of aromatic nitrogens is 2. The SMILES string of the molecule is C=CCN1C(=O)/C(=C/c2c(C)nn(-c3ccccc3)c2Sc2ccc(C)cc2)C(=O)NC1=S. The van der Waals surface area contributed by atoms with E-state index in [4.69, 9.17) is 17.3 Å². The molecule has 166 valence electrons. The van der Waals surface area contributed by atoms with Crippen LogP contribution in [0.2, 0.25) is 0 Å². The van der Waals surface area contributed by atoms with Crippen molar-refractivity contribution in [2.75, 3.05) is 6.54 Å². The molecule has 1 aromatic heterocycles. The number of benzene rings is 2. The predicted molar refractivity (Wildman–Crippen MR) is 134 cm³/mol. The standard InChI is InChI=1S/C25H22N4O2S2/c1-4-14-28-23(31)21(22(30)26-25(28)32)15-20-17(3)27-29(18-8-6-5-7-9-18)24(20)33-19-12-10-16(2)11-13-19/h4-13,15H,1,14H2,2-3H3,(H,26,30,32)/b21-15+. The van der Waals surface area contributed by atoms with Crippen molar-refractivity contribution in [2.24, 2.45) is 0 Å². The van der Waals surface area contributed by atoms with Crippen molar-refractivity contribution in [3.63, 3.8) is 0 Å². The summed E-state index contributed by atoms with van der Waals surface area (Å²) < 4.78 is 1.84. The molecule has 2 aromatic carbocycles. The summed E-state index contributed by atoms with van der Waals surface area (Å²) >= 11 is 6.68. The average molecular weight is 475 g/mol. The first-order valence-electron chi connectivity index (χ1n) is 10.3. The van der Waals surface area contributed by atoms with E-state index in [0.29, 0.717) is 11.3 Å². The van der Waals surface area contributed by atoms with Gasteiger partial charge in [-0.15, -0.1) is 6.58 Å². The smallest absolute Gasteiger partial charge is 0.265 e. The number of nitrogens with one attached hydrogen (secondary N) is 1. The van der Waals surface area contributed by atoms with Gasteiger partial charge in [0.2, 0.25) is 0 Å². The van der Waals surface area contributed by atoms with Crippen LogP contribution in [-0.4, -0.2) is 38.2 Å². The van der Waals surface area contributed by atoms with Gasteiger partial charge in [0.15, 0.2) is 5.11 Å².